The first-order chi connectivity index (χ1) is 8.09. The van der Waals surface area contributed by atoms with E-state index in [0.717, 1.165) is 0 Å². The first-order valence-corrected chi connectivity index (χ1v) is 4.87. The number of halogens is 6. The van der Waals surface area contributed by atoms with Crippen molar-refractivity contribution < 1.29 is 26.3 Å². The van der Waals surface area contributed by atoms with Crippen LogP contribution in [0.25, 0.3) is 0 Å². The first kappa shape index (κ1) is 14.7. The van der Waals surface area contributed by atoms with E-state index in [0.29, 0.717) is 6.92 Å². The number of hydrogen-bond donors (Lipinski definition) is 1. The maximum atomic E-state index is 12.7. The molecule has 0 aliphatic rings. The zero-order chi connectivity index (χ0) is 14.1. The summed E-state index contributed by atoms with van der Waals surface area (Å²) in [7, 11) is 0. The first-order valence-electron chi connectivity index (χ1n) is 4.87. The molecule has 18 heavy (non-hydrogen) atoms. The van der Waals surface area contributed by atoms with Gasteiger partial charge in [-0.15, -0.1) is 5.10 Å². The highest BCUT2D eigenvalue weighted by atomic mass is 19.4. The molecule has 0 aliphatic carbocycles. The molecule has 1 heterocycles. The van der Waals surface area contributed by atoms with Crippen LogP contribution in [0, 0.1) is 0 Å². The monoisotopic (exact) mass is 276 g/mol. The summed E-state index contributed by atoms with van der Waals surface area (Å²) < 4.78 is 75.2. The Morgan fingerprint density at radius 1 is 1.22 bits per heavy atom. The van der Waals surface area contributed by atoms with Gasteiger partial charge in [0, 0.05) is 6.42 Å². The number of alkyl halides is 6. The number of rotatable bonds is 3. The number of nitrogens with two attached hydrogens (primary N) is 1. The van der Waals surface area contributed by atoms with Crippen LogP contribution < -0.4 is 5.73 Å². The standard InChI is InChI=1S/C8H10F6N4/c1-4(7(9,10)11)18-6(8(12,13)14)5(2-3-15)16-17-18/h4H,2-3,15H2,1H3. The summed E-state index contributed by atoms with van der Waals surface area (Å²) in [4.78, 5) is 0. The normalized spacial score (nSPS) is 14.9. The van der Waals surface area contributed by atoms with Crippen molar-refractivity contribution in [2.75, 3.05) is 6.54 Å². The van der Waals surface area contributed by atoms with E-state index < -0.39 is 29.8 Å². The van der Waals surface area contributed by atoms with Crippen molar-refractivity contribution in [1.29, 1.82) is 0 Å². The quantitative estimate of drug-likeness (QED) is 0.858. The molecule has 104 valence electrons. The minimum absolute atomic E-state index is 0.162. The Hall–Kier alpha value is -1.32. The Morgan fingerprint density at radius 3 is 2.17 bits per heavy atom. The fraction of sp³-hybridized carbons (Fsp3) is 0.750. The van der Waals surface area contributed by atoms with Gasteiger partial charge in [0.1, 0.15) is 6.04 Å². The van der Waals surface area contributed by atoms with Crippen molar-refractivity contribution in [3.63, 3.8) is 0 Å². The Bertz CT molecular complexity index is 407. The second-order valence-electron chi connectivity index (χ2n) is 3.58. The van der Waals surface area contributed by atoms with E-state index in [1.54, 1.807) is 0 Å². The molecular formula is C8H10F6N4. The van der Waals surface area contributed by atoms with Gasteiger partial charge in [0.2, 0.25) is 0 Å². The molecule has 0 spiro atoms. The molecule has 1 aromatic rings. The van der Waals surface area contributed by atoms with Crippen molar-refractivity contribution in [1.82, 2.24) is 15.0 Å². The maximum absolute atomic E-state index is 12.7. The molecule has 1 rings (SSSR count). The van der Waals surface area contributed by atoms with Gasteiger partial charge in [0.25, 0.3) is 0 Å². The van der Waals surface area contributed by atoms with Crippen LogP contribution in [-0.2, 0) is 12.6 Å². The van der Waals surface area contributed by atoms with Crippen molar-refractivity contribution in [3.05, 3.63) is 11.4 Å². The van der Waals surface area contributed by atoms with Crippen LogP contribution in [0.5, 0.6) is 0 Å². The number of hydrogen-bond acceptors (Lipinski definition) is 3. The van der Waals surface area contributed by atoms with Gasteiger partial charge in [-0.3, -0.25) is 0 Å². The van der Waals surface area contributed by atoms with Crippen LogP contribution in [0.3, 0.4) is 0 Å². The molecule has 0 amide bonds. The minimum Gasteiger partial charge on any atom is -0.330 e. The van der Waals surface area contributed by atoms with Crippen LogP contribution in [0.1, 0.15) is 24.4 Å². The maximum Gasteiger partial charge on any atom is 0.434 e. The smallest absolute Gasteiger partial charge is 0.330 e. The molecule has 0 aromatic carbocycles. The number of nitrogens with zero attached hydrogens (tertiary/aromatic N) is 3. The van der Waals surface area contributed by atoms with Crippen molar-refractivity contribution in [2.24, 2.45) is 5.73 Å². The summed E-state index contributed by atoms with van der Waals surface area (Å²) in [5.41, 5.74) is 2.99. The van der Waals surface area contributed by atoms with Gasteiger partial charge in [-0.25, -0.2) is 4.68 Å². The van der Waals surface area contributed by atoms with Gasteiger partial charge in [-0.1, -0.05) is 5.21 Å². The van der Waals surface area contributed by atoms with Crippen molar-refractivity contribution in [2.45, 2.75) is 31.7 Å². The third-order valence-electron chi connectivity index (χ3n) is 2.25. The summed E-state index contributed by atoms with van der Waals surface area (Å²) in [5.74, 6) is 0. The highest BCUT2D eigenvalue weighted by Crippen LogP contribution is 2.37. The van der Waals surface area contributed by atoms with E-state index in [4.69, 9.17) is 5.73 Å². The fourth-order valence-electron chi connectivity index (χ4n) is 1.33. The largest absolute Gasteiger partial charge is 0.434 e. The molecule has 10 heteroatoms. The Balaban J connectivity index is 3.29. The molecule has 1 unspecified atom stereocenters. The lowest BCUT2D eigenvalue weighted by Crippen LogP contribution is -2.29. The molecule has 2 N–H and O–H groups in total. The van der Waals surface area contributed by atoms with Crippen molar-refractivity contribution >= 4 is 0 Å². The Kier molecular flexibility index (Phi) is 3.89. The third-order valence-corrected chi connectivity index (χ3v) is 2.25. The van der Waals surface area contributed by atoms with E-state index in [9.17, 15) is 26.3 Å². The Labute approximate surface area is 97.7 Å². The lowest BCUT2D eigenvalue weighted by Gasteiger charge is -2.19. The summed E-state index contributed by atoms with van der Waals surface area (Å²) in [6.45, 7) is 0.415. The third kappa shape index (κ3) is 2.92. The van der Waals surface area contributed by atoms with E-state index in [1.165, 1.54) is 0 Å². The predicted molar refractivity (Wildman–Crippen MR) is 48.5 cm³/mol. The molecule has 4 nitrogen and oxygen atoms in total. The SMILES string of the molecule is CC(n1nnc(CCN)c1C(F)(F)F)C(F)(F)F. The van der Waals surface area contributed by atoms with Gasteiger partial charge in [-0.05, 0) is 13.5 Å². The van der Waals surface area contributed by atoms with Gasteiger partial charge in [0.15, 0.2) is 5.69 Å². The Morgan fingerprint density at radius 2 is 1.78 bits per heavy atom. The molecule has 0 bridgehead atoms. The highest BCUT2D eigenvalue weighted by Gasteiger charge is 2.46. The molecule has 0 aliphatic heterocycles. The molecule has 1 atom stereocenters. The summed E-state index contributed by atoms with van der Waals surface area (Å²) in [5, 5.41) is 6.06. The van der Waals surface area contributed by atoms with Crippen molar-refractivity contribution in [3.8, 4) is 0 Å². The van der Waals surface area contributed by atoms with Gasteiger partial charge < -0.3 is 5.73 Å². The van der Waals surface area contributed by atoms with Crippen LogP contribution >= 0.6 is 0 Å². The van der Waals surface area contributed by atoms with E-state index in [2.05, 4.69) is 10.3 Å². The van der Waals surface area contributed by atoms with Crippen LogP contribution in [0.2, 0.25) is 0 Å². The van der Waals surface area contributed by atoms with Crippen LogP contribution in [-0.4, -0.2) is 27.7 Å². The molecule has 1 aromatic heterocycles. The lowest BCUT2D eigenvalue weighted by molar-refractivity contribution is -0.177. The van der Waals surface area contributed by atoms with Crippen LogP contribution in [0.4, 0.5) is 26.3 Å². The average molecular weight is 276 g/mol. The summed E-state index contributed by atoms with van der Waals surface area (Å²) in [6, 6.07) is -2.41. The molecule has 0 radical (unpaired) electrons. The summed E-state index contributed by atoms with van der Waals surface area (Å²) >= 11 is 0. The van der Waals surface area contributed by atoms with E-state index in [1.807, 2.05) is 0 Å². The van der Waals surface area contributed by atoms with E-state index >= 15 is 0 Å². The molecule has 0 saturated carbocycles. The molecule has 0 fully saturated rings. The van der Waals surface area contributed by atoms with E-state index in [-0.39, 0.29) is 17.6 Å². The minimum atomic E-state index is -4.96. The fourth-order valence-corrected chi connectivity index (χ4v) is 1.33. The zero-order valence-electron chi connectivity index (χ0n) is 9.18. The highest BCUT2D eigenvalue weighted by molar-refractivity contribution is 5.15. The number of aromatic nitrogens is 3. The van der Waals surface area contributed by atoms with Gasteiger partial charge >= 0.3 is 12.4 Å². The van der Waals surface area contributed by atoms with Gasteiger partial charge in [0.05, 0.1) is 5.69 Å². The summed E-state index contributed by atoms with van der Waals surface area (Å²) in [6.07, 6.45) is -10.1. The predicted octanol–water partition coefficient (Wildman–Crippen LogP) is 1.92. The second kappa shape index (κ2) is 4.75. The molecule has 0 saturated heterocycles. The molecular weight excluding hydrogens is 266 g/mol. The lowest BCUT2D eigenvalue weighted by atomic mass is 10.2. The zero-order valence-corrected chi connectivity index (χ0v) is 9.18. The average Bonchev–Trinajstić information content (AvgIpc) is 2.58. The van der Waals surface area contributed by atoms with Gasteiger partial charge in [-0.2, -0.15) is 26.3 Å². The topological polar surface area (TPSA) is 56.7 Å². The second-order valence-corrected chi connectivity index (χ2v) is 3.58. The van der Waals surface area contributed by atoms with Crippen LogP contribution in [0.15, 0.2) is 0 Å².